The van der Waals surface area contributed by atoms with Gasteiger partial charge in [0.25, 0.3) is 0 Å². The van der Waals surface area contributed by atoms with E-state index in [1.165, 1.54) is 5.56 Å². The van der Waals surface area contributed by atoms with E-state index in [-0.39, 0.29) is 24.8 Å². The summed E-state index contributed by atoms with van der Waals surface area (Å²) in [4.78, 5) is 2.42. The van der Waals surface area contributed by atoms with E-state index < -0.39 is 0 Å². The molecule has 0 amide bonds. The van der Waals surface area contributed by atoms with Crippen molar-refractivity contribution in [3.8, 4) is 0 Å². The number of likely N-dealkylation sites (tertiary alicyclic amines) is 1. The highest BCUT2D eigenvalue weighted by molar-refractivity contribution is 7.07. The molecule has 0 radical (unpaired) electrons. The Hall–Kier alpha value is 0.200. The topological polar surface area (TPSA) is 29.3 Å². The Labute approximate surface area is 101 Å². The van der Waals surface area contributed by atoms with Crippen LogP contribution in [0.5, 0.6) is 0 Å². The third-order valence-electron chi connectivity index (χ3n) is 2.30. The summed E-state index contributed by atoms with van der Waals surface area (Å²) in [5, 5.41) is 4.34. The second-order valence-corrected chi connectivity index (χ2v) is 4.20. The maximum Gasteiger partial charge on any atom is 0.0242 e. The van der Waals surface area contributed by atoms with E-state index in [0.717, 1.165) is 26.1 Å². The van der Waals surface area contributed by atoms with Crippen molar-refractivity contribution in [1.29, 1.82) is 0 Å². The van der Waals surface area contributed by atoms with E-state index in [0.29, 0.717) is 6.04 Å². The van der Waals surface area contributed by atoms with Crippen LogP contribution in [0.3, 0.4) is 0 Å². The van der Waals surface area contributed by atoms with Crippen molar-refractivity contribution in [2.45, 2.75) is 19.0 Å². The van der Waals surface area contributed by atoms with Gasteiger partial charge in [0.1, 0.15) is 0 Å². The quantitative estimate of drug-likeness (QED) is 0.877. The van der Waals surface area contributed by atoms with E-state index in [4.69, 9.17) is 5.73 Å². The molecule has 2 nitrogen and oxygen atoms in total. The molecule has 2 rings (SSSR count). The molecule has 0 aliphatic carbocycles. The van der Waals surface area contributed by atoms with Gasteiger partial charge in [0.15, 0.2) is 0 Å². The highest BCUT2D eigenvalue weighted by Gasteiger charge is 2.18. The summed E-state index contributed by atoms with van der Waals surface area (Å²) in [6.45, 7) is 3.31. The van der Waals surface area contributed by atoms with Crippen LogP contribution in [0.4, 0.5) is 0 Å². The number of nitrogens with two attached hydrogens (primary N) is 1. The number of hydrogen-bond acceptors (Lipinski definition) is 3. The smallest absolute Gasteiger partial charge is 0.0242 e. The lowest BCUT2D eigenvalue weighted by Crippen LogP contribution is -2.26. The van der Waals surface area contributed by atoms with Crippen LogP contribution in [0.1, 0.15) is 12.0 Å². The van der Waals surface area contributed by atoms with Crippen LogP contribution in [0.2, 0.25) is 0 Å². The molecule has 0 saturated carbocycles. The van der Waals surface area contributed by atoms with E-state index in [1.807, 2.05) is 0 Å². The molecule has 0 spiro atoms. The van der Waals surface area contributed by atoms with Gasteiger partial charge in [0, 0.05) is 25.7 Å². The first kappa shape index (κ1) is 14.2. The first-order valence-electron chi connectivity index (χ1n) is 4.33. The monoisotopic (exact) mass is 254 g/mol. The van der Waals surface area contributed by atoms with Gasteiger partial charge in [-0.15, -0.1) is 24.8 Å². The standard InChI is InChI=1S/C9H14N2S.2ClH/c10-9-1-3-11(6-9)5-8-2-4-12-7-8;;/h2,4,7,9H,1,3,5-6,10H2;2*1H/t9-;;/m0../s1. The minimum Gasteiger partial charge on any atom is -0.326 e. The average Bonchev–Trinajstić information content (AvgIpc) is 2.63. The van der Waals surface area contributed by atoms with E-state index in [2.05, 4.69) is 21.7 Å². The average molecular weight is 255 g/mol. The third kappa shape index (κ3) is 3.75. The van der Waals surface area contributed by atoms with Gasteiger partial charge < -0.3 is 5.73 Å². The van der Waals surface area contributed by atoms with Gasteiger partial charge in [-0.3, -0.25) is 4.90 Å². The lowest BCUT2D eigenvalue weighted by molar-refractivity contribution is 0.327. The molecular weight excluding hydrogens is 239 g/mol. The molecule has 1 aliphatic heterocycles. The number of thiophene rings is 1. The zero-order chi connectivity index (χ0) is 8.39. The number of halogens is 2. The summed E-state index contributed by atoms with van der Waals surface area (Å²) in [5.41, 5.74) is 7.24. The zero-order valence-electron chi connectivity index (χ0n) is 7.89. The van der Waals surface area contributed by atoms with Crippen LogP contribution in [0.25, 0.3) is 0 Å². The number of rotatable bonds is 2. The summed E-state index contributed by atoms with van der Waals surface area (Å²) in [7, 11) is 0. The maximum atomic E-state index is 5.82. The molecule has 0 unspecified atom stereocenters. The molecular formula is C9H16Cl2N2S. The molecule has 0 aromatic carbocycles. The van der Waals surface area contributed by atoms with Crippen molar-refractivity contribution in [3.63, 3.8) is 0 Å². The Morgan fingerprint density at radius 2 is 2.29 bits per heavy atom. The van der Waals surface area contributed by atoms with Crippen LogP contribution in [-0.4, -0.2) is 24.0 Å². The maximum absolute atomic E-state index is 5.82. The van der Waals surface area contributed by atoms with Crippen LogP contribution < -0.4 is 5.73 Å². The summed E-state index contributed by atoms with van der Waals surface area (Å²) < 4.78 is 0. The highest BCUT2D eigenvalue weighted by Crippen LogP contribution is 2.13. The van der Waals surface area contributed by atoms with Crippen LogP contribution >= 0.6 is 36.2 Å². The molecule has 1 fully saturated rings. The SMILES string of the molecule is Cl.Cl.N[C@H]1CCN(Cc2ccsc2)C1. The fourth-order valence-corrected chi connectivity index (χ4v) is 2.31. The summed E-state index contributed by atoms with van der Waals surface area (Å²) in [6, 6.07) is 2.60. The molecule has 2 N–H and O–H groups in total. The van der Waals surface area contributed by atoms with Gasteiger partial charge in [-0.2, -0.15) is 11.3 Å². The van der Waals surface area contributed by atoms with Crippen molar-refractivity contribution < 1.29 is 0 Å². The zero-order valence-corrected chi connectivity index (χ0v) is 10.3. The molecule has 2 heterocycles. The summed E-state index contributed by atoms with van der Waals surface area (Å²) >= 11 is 1.77. The molecule has 1 saturated heterocycles. The molecule has 0 bridgehead atoms. The molecule has 5 heteroatoms. The first-order valence-corrected chi connectivity index (χ1v) is 5.28. The van der Waals surface area contributed by atoms with Crippen LogP contribution in [0, 0.1) is 0 Å². The molecule has 1 aromatic rings. The van der Waals surface area contributed by atoms with Gasteiger partial charge in [-0.25, -0.2) is 0 Å². The highest BCUT2D eigenvalue weighted by atomic mass is 35.5. The van der Waals surface area contributed by atoms with Gasteiger partial charge >= 0.3 is 0 Å². The van der Waals surface area contributed by atoms with Gasteiger partial charge in [0.2, 0.25) is 0 Å². The van der Waals surface area contributed by atoms with Crippen LogP contribution in [0.15, 0.2) is 16.8 Å². The van der Waals surface area contributed by atoms with Gasteiger partial charge in [-0.05, 0) is 28.8 Å². The molecule has 14 heavy (non-hydrogen) atoms. The van der Waals surface area contributed by atoms with Crippen molar-refractivity contribution in [2.75, 3.05) is 13.1 Å². The van der Waals surface area contributed by atoms with Gasteiger partial charge in [0.05, 0.1) is 0 Å². The first-order chi connectivity index (χ1) is 5.84. The lowest BCUT2D eigenvalue weighted by Gasteiger charge is -2.13. The Morgan fingerprint density at radius 3 is 2.79 bits per heavy atom. The normalized spacial score (nSPS) is 21.4. The van der Waals surface area contributed by atoms with E-state index >= 15 is 0 Å². The Balaban J connectivity index is 0.000000845. The van der Waals surface area contributed by atoms with E-state index in [9.17, 15) is 0 Å². The minimum absolute atomic E-state index is 0. The summed E-state index contributed by atoms with van der Waals surface area (Å²) in [5.74, 6) is 0. The molecule has 1 atom stereocenters. The molecule has 1 aliphatic rings. The molecule has 1 aromatic heterocycles. The van der Waals surface area contributed by atoms with Crippen molar-refractivity contribution in [1.82, 2.24) is 4.90 Å². The van der Waals surface area contributed by atoms with E-state index in [1.54, 1.807) is 11.3 Å². The lowest BCUT2D eigenvalue weighted by atomic mass is 10.3. The Bertz CT molecular complexity index is 241. The fraction of sp³-hybridized carbons (Fsp3) is 0.556. The largest absolute Gasteiger partial charge is 0.326 e. The number of hydrogen-bond donors (Lipinski definition) is 1. The second-order valence-electron chi connectivity index (χ2n) is 3.42. The predicted octanol–water partition coefficient (Wildman–Crippen LogP) is 2.12. The van der Waals surface area contributed by atoms with Crippen molar-refractivity contribution in [3.05, 3.63) is 22.4 Å². The van der Waals surface area contributed by atoms with Gasteiger partial charge in [-0.1, -0.05) is 0 Å². The fourth-order valence-electron chi connectivity index (χ4n) is 1.65. The Kier molecular flexibility index (Phi) is 6.74. The Morgan fingerprint density at radius 1 is 1.50 bits per heavy atom. The molecule has 82 valence electrons. The van der Waals surface area contributed by atoms with Crippen molar-refractivity contribution >= 4 is 36.2 Å². The third-order valence-corrected chi connectivity index (χ3v) is 3.03. The van der Waals surface area contributed by atoms with Crippen LogP contribution in [-0.2, 0) is 6.54 Å². The minimum atomic E-state index is 0. The predicted molar refractivity (Wildman–Crippen MR) is 66.7 cm³/mol. The van der Waals surface area contributed by atoms with Crippen molar-refractivity contribution in [2.24, 2.45) is 5.73 Å². The second kappa shape index (κ2) is 6.64. The summed E-state index contributed by atoms with van der Waals surface area (Å²) in [6.07, 6.45) is 1.16. The number of nitrogens with zero attached hydrogens (tertiary/aromatic N) is 1.